The van der Waals surface area contributed by atoms with Gasteiger partial charge in [-0.3, -0.25) is 0 Å². The van der Waals surface area contributed by atoms with Crippen LogP contribution in [-0.4, -0.2) is 19.9 Å². The monoisotopic (exact) mass is 251 g/mol. The molecule has 1 fully saturated rings. The first kappa shape index (κ1) is 10.9. The van der Waals surface area contributed by atoms with Gasteiger partial charge >= 0.3 is 0 Å². The zero-order valence-electron chi connectivity index (χ0n) is 9.41. The fraction of sp³-hybridized carbons (Fsp3) is 0.545. The van der Waals surface area contributed by atoms with Crippen molar-refractivity contribution in [2.75, 3.05) is 0 Å². The molecule has 3 N–H and O–H groups in total. The van der Waals surface area contributed by atoms with Gasteiger partial charge in [-0.25, -0.2) is 9.97 Å². The lowest BCUT2D eigenvalue weighted by Gasteiger charge is -2.32. The minimum atomic E-state index is -0.393. The molecule has 0 aliphatic heterocycles. The second-order valence-electron chi connectivity index (χ2n) is 4.66. The van der Waals surface area contributed by atoms with Crippen molar-refractivity contribution < 1.29 is 0 Å². The van der Waals surface area contributed by atoms with E-state index in [-0.39, 0.29) is 5.28 Å². The van der Waals surface area contributed by atoms with Gasteiger partial charge in [0.25, 0.3) is 0 Å². The summed E-state index contributed by atoms with van der Waals surface area (Å²) in [5.41, 5.74) is 8.31. The summed E-state index contributed by atoms with van der Waals surface area (Å²) in [6.45, 7) is 0. The molecule has 0 spiro atoms. The summed E-state index contributed by atoms with van der Waals surface area (Å²) >= 11 is 5.93. The molecule has 6 heteroatoms. The van der Waals surface area contributed by atoms with E-state index in [1.165, 1.54) is 6.42 Å². The molecule has 1 saturated carbocycles. The van der Waals surface area contributed by atoms with Gasteiger partial charge in [-0.1, -0.05) is 19.3 Å². The van der Waals surface area contributed by atoms with Gasteiger partial charge in [0.2, 0.25) is 5.28 Å². The third kappa shape index (κ3) is 1.79. The van der Waals surface area contributed by atoms with Crippen LogP contribution in [0.2, 0.25) is 5.28 Å². The largest absolute Gasteiger partial charge is 0.342 e. The van der Waals surface area contributed by atoms with E-state index < -0.39 is 5.54 Å². The first-order valence-electron chi connectivity index (χ1n) is 5.85. The Bertz CT molecular complexity index is 544. The van der Waals surface area contributed by atoms with Crippen molar-refractivity contribution in [1.29, 1.82) is 0 Å². The van der Waals surface area contributed by atoms with Crippen LogP contribution in [0.3, 0.4) is 0 Å². The van der Waals surface area contributed by atoms with E-state index in [2.05, 4.69) is 19.9 Å². The number of nitrogens with two attached hydrogens (primary N) is 1. The van der Waals surface area contributed by atoms with Gasteiger partial charge in [-0.2, -0.15) is 4.98 Å². The highest BCUT2D eigenvalue weighted by Gasteiger charge is 2.33. The normalized spacial score (nSPS) is 19.6. The summed E-state index contributed by atoms with van der Waals surface area (Å²) in [6.07, 6.45) is 6.99. The molecule has 0 aromatic carbocycles. The third-order valence-corrected chi connectivity index (χ3v) is 3.64. The average molecular weight is 252 g/mol. The molecule has 0 amide bonds. The highest BCUT2D eigenvalue weighted by molar-refractivity contribution is 6.28. The van der Waals surface area contributed by atoms with Gasteiger partial charge < -0.3 is 10.7 Å². The van der Waals surface area contributed by atoms with Crippen molar-refractivity contribution in [3.63, 3.8) is 0 Å². The number of nitrogens with one attached hydrogen (secondary N) is 1. The standard InChI is InChI=1S/C11H14ClN5/c12-10-16-8(7-9(17-10)15-6-14-7)11(13)4-2-1-3-5-11/h6H,1-5,13H2,(H,14,15,16,17). The maximum Gasteiger partial charge on any atom is 0.224 e. The first-order chi connectivity index (χ1) is 8.19. The summed E-state index contributed by atoms with van der Waals surface area (Å²) < 4.78 is 0. The minimum Gasteiger partial charge on any atom is -0.342 e. The molecule has 0 unspecified atom stereocenters. The molecule has 90 valence electrons. The predicted molar refractivity (Wildman–Crippen MR) is 65.6 cm³/mol. The van der Waals surface area contributed by atoms with E-state index >= 15 is 0 Å². The smallest absolute Gasteiger partial charge is 0.224 e. The summed E-state index contributed by atoms with van der Waals surface area (Å²) in [6, 6.07) is 0. The topological polar surface area (TPSA) is 80.5 Å². The molecule has 5 nitrogen and oxygen atoms in total. The molecule has 1 aliphatic carbocycles. The number of fused-ring (bicyclic) bond motifs is 1. The second-order valence-corrected chi connectivity index (χ2v) is 5.00. The average Bonchev–Trinajstić information content (AvgIpc) is 2.76. The Morgan fingerprint density at radius 2 is 2.00 bits per heavy atom. The summed E-state index contributed by atoms with van der Waals surface area (Å²) in [4.78, 5) is 15.6. The SMILES string of the molecule is NC1(c2nc(Cl)nc3nc[nH]c23)CCCCC1. The fourth-order valence-electron chi connectivity index (χ4n) is 2.59. The Morgan fingerprint density at radius 3 is 2.76 bits per heavy atom. The van der Waals surface area contributed by atoms with Crippen LogP contribution in [0.25, 0.3) is 11.2 Å². The van der Waals surface area contributed by atoms with Gasteiger partial charge in [0.15, 0.2) is 5.65 Å². The van der Waals surface area contributed by atoms with Crippen LogP contribution in [-0.2, 0) is 5.54 Å². The van der Waals surface area contributed by atoms with Crippen LogP contribution < -0.4 is 5.73 Å². The summed E-state index contributed by atoms with van der Waals surface area (Å²) in [5.74, 6) is 0. The summed E-state index contributed by atoms with van der Waals surface area (Å²) in [5, 5.41) is 0.218. The maximum absolute atomic E-state index is 6.48. The van der Waals surface area contributed by atoms with E-state index in [0.717, 1.165) is 36.9 Å². The number of H-pyrrole nitrogens is 1. The van der Waals surface area contributed by atoms with Crippen molar-refractivity contribution in [3.8, 4) is 0 Å². The van der Waals surface area contributed by atoms with Crippen molar-refractivity contribution in [1.82, 2.24) is 19.9 Å². The van der Waals surface area contributed by atoms with Crippen molar-refractivity contribution >= 4 is 22.8 Å². The number of rotatable bonds is 1. The van der Waals surface area contributed by atoms with Crippen LogP contribution in [0.15, 0.2) is 6.33 Å². The number of nitrogens with zero attached hydrogens (tertiary/aromatic N) is 3. The van der Waals surface area contributed by atoms with E-state index in [9.17, 15) is 0 Å². The lowest BCUT2D eigenvalue weighted by molar-refractivity contribution is 0.297. The van der Waals surface area contributed by atoms with Crippen LogP contribution >= 0.6 is 11.6 Å². The lowest BCUT2D eigenvalue weighted by atomic mass is 9.80. The maximum atomic E-state index is 6.48. The zero-order chi connectivity index (χ0) is 11.9. The van der Waals surface area contributed by atoms with Gasteiger partial charge in [-0.05, 0) is 24.4 Å². The molecule has 2 heterocycles. The highest BCUT2D eigenvalue weighted by Crippen LogP contribution is 2.36. The van der Waals surface area contributed by atoms with Crippen molar-refractivity contribution in [2.45, 2.75) is 37.6 Å². The molecule has 0 atom stereocenters. The van der Waals surface area contributed by atoms with Gasteiger partial charge in [0, 0.05) is 0 Å². The lowest BCUT2D eigenvalue weighted by Crippen LogP contribution is -2.39. The number of aromatic amines is 1. The van der Waals surface area contributed by atoms with Gasteiger partial charge in [0.1, 0.15) is 5.52 Å². The van der Waals surface area contributed by atoms with Gasteiger partial charge in [-0.15, -0.1) is 0 Å². The Kier molecular flexibility index (Phi) is 2.52. The molecular formula is C11H14ClN5. The second kappa shape index (κ2) is 3.92. The molecule has 17 heavy (non-hydrogen) atoms. The zero-order valence-corrected chi connectivity index (χ0v) is 10.2. The molecular weight excluding hydrogens is 238 g/mol. The minimum absolute atomic E-state index is 0.218. The number of aromatic nitrogens is 4. The molecule has 3 rings (SSSR count). The third-order valence-electron chi connectivity index (χ3n) is 3.48. The molecule has 0 bridgehead atoms. The summed E-state index contributed by atoms with van der Waals surface area (Å²) in [7, 11) is 0. The van der Waals surface area contributed by atoms with Crippen LogP contribution in [0, 0.1) is 0 Å². The Balaban J connectivity index is 2.18. The predicted octanol–water partition coefficient (Wildman–Crippen LogP) is 2.12. The number of imidazole rings is 1. The van der Waals surface area contributed by atoms with E-state index in [0.29, 0.717) is 5.65 Å². The quantitative estimate of drug-likeness (QED) is 0.761. The highest BCUT2D eigenvalue weighted by atomic mass is 35.5. The van der Waals surface area contributed by atoms with Gasteiger partial charge in [0.05, 0.1) is 17.6 Å². The Hall–Kier alpha value is -1.20. The number of hydrogen-bond donors (Lipinski definition) is 2. The van der Waals surface area contributed by atoms with Crippen molar-refractivity contribution in [2.24, 2.45) is 5.73 Å². The van der Waals surface area contributed by atoms with Crippen LogP contribution in [0.4, 0.5) is 0 Å². The molecule has 0 saturated heterocycles. The molecule has 2 aromatic rings. The van der Waals surface area contributed by atoms with E-state index in [1.807, 2.05) is 0 Å². The first-order valence-corrected chi connectivity index (χ1v) is 6.23. The van der Waals surface area contributed by atoms with Crippen molar-refractivity contribution in [3.05, 3.63) is 17.3 Å². The number of halogens is 1. The van der Waals surface area contributed by atoms with E-state index in [4.69, 9.17) is 17.3 Å². The fourth-order valence-corrected chi connectivity index (χ4v) is 2.75. The molecule has 0 radical (unpaired) electrons. The molecule has 1 aliphatic rings. The van der Waals surface area contributed by atoms with Crippen LogP contribution in [0.5, 0.6) is 0 Å². The Morgan fingerprint density at radius 1 is 1.24 bits per heavy atom. The Labute approximate surface area is 104 Å². The molecule has 2 aromatic heterocycles. The van der Waals surface area contributed by atoms with Crippen LogP contribution in [0.1, 0.15) is 37.8 Å². The number of hydrogen-bond acceptors (Lipinski definition) is 4. The van der Waals surface area contributed by atoms with E-state index in [1.54, 1.807) is 6.33 Å².